The summed E-state index contributed by atoms with van der Waals surface area (Å²) < 4.78 is 0. The van der Waals surface area contributed by atoms with E-state index in [0.717, 1.165) is 19.6 Å². The molecule has 1 aromatic rings. The van der Waals surface area contributed by atoms with E-state index in [1.807, 2.05) is 6.07 Å². The third-order valence-electron chi connectivity index (χ3n) is 3.61. The van der Waals surface area contributed by atoms with Gasteiger partial charge in [-0.2, -0.15) is 0 Å². The van der Waals surface area contributed by atoms with Crippen molar-refractivity contribution in [2.24, 2.45) is 0 Å². The Balaban J connectivity index is 2.00. The van der Waals surface area contributed by atoms with Crippen molar-refractivity contribution in [1.82, 2.24) is 9.80 Å². The van der Waals surface area contributed by atoms with Crippen LogP contribution in [0.25, 0.3) is 0 Å². The van der Waals surface area contributed by atoms with Crippen LogP contribution in [0, 0.1) is 10.1 Å². The molecular formula is C13H20N4O2. The lowest BCUT2D eigenvalue weighted by atomic mass is 10.1. The number of hydrogen-bond donors (Lipinski definition) is 1. The Morgan fingerprint density at radius 3 is 2.84 bits per heavy atom. The number of nitro groups is 1. The number of anilines is 1. The van der Waals surface area contributed by atoms with Crippen LogP contribution in [-0.4, -0.2) is 61.0 Å². The van der Waals surface area contributed by atoms with E-state index in [9.17, 15) is 10.1 Å². The standard InChI is InChI=1S/C13H20N4O2/c1-15-7-8-16(2)11(10-15)9-14-12-5-3-4-6-13(12)17(18)19/h3-6,11,14H,7-10H2,1-2H3. The third-order valence-corrected chi connectivity index (χ3v) is 3.61. The van der Waals surface area contributed by atoms with Gasteiger partial charge in [-0.05, 0) is 20.2 Å². The van der Waals surface area contributed by atoms with Crippen LogP contribution in [0.3, 0.4) is 0 Å². The van der Waals surface area contributed by atoms with Crippen molar-refractivity contribution in [3.8, 4) is 0 Å². The van der Waals surface area contributed by atoms with Gasteiger partial charge in [-0.1, -0.05) is 12.1 Å². The largest absolute Gasteiger partial charge is 0.378 e. The first-order valence-electron chi connectivity index (χ1n) is 6.44. The summed E-state index contributed by atoms with van der Waals surface area (Å²) in [5.74, 6) is 0. The number of nitrogens with zero attached hydrogens (tertiary/aromatic N) is 3. The van der Waals surface area contributed by atoms with E-state index in [1.54, 1.807) is 12.1 Å². The van der Waals surface area contributed by atoms with Crippen molar-refractivity contribution < 1.29 is 4.92 Å². The number of nitro benzene ring substituents is 1. The highest BCUT2D eigenvalue weighted by atomic mass is 16.6. The lowest BCUT2D eigenvalue weighted by Gasteiger charge is -2.37. The van der Waals surface area contributed by atoms with E-state index in [2.05, 4.69) is 29.2 Å². The van der Waals surface area contributed by atoms with Crippen LogP contribution in [0.4, 0.5) is 11.4 Å². The molecule has 6 nitrogen and oxygen atoms in total. The molecule has 1 unspecified atom stereocenters. The molecule has 0 amide bonds. The zero-order valence-electron chi connectivity index (χ0n) is 11.4. The van der Waals surface area contributed by atoms with Crippen molar-refractivity contribution in [2.75, 3.05) is 45.6 Å². The SMILES string of the molecule is CN1CCN(C)C(CNc2ccccc2[N+](=O)[O-])C1. The van der Waals surface area contributed by atoms with Crippen molar-refractivity contribution >= 4 is 11.4 Å². The summed E-state index contributed by atoms with van der Waals surface area (Å²) in [7, 11) is 4.20. The molecule has 1 aliphatic heterocycles. The highest BCUT2D eigenvalue weighted by Gasteiger charge is 2.22. The van der Waals surface area contributed by atoms with E-state index in [-0.39, 0.29) is 10.6 Å². The second-order valence-corrected chi connectivity index (χ2v) is 5.05. The van der Waals surface area contributed by atoms with Gasteiger partial charge in [0.2, 0.25) is 0 Å². The topological polar surface area (TPSA) is 61.6 Å². The predicted octanol–water partition coefficient (Wildman–Crippen LogP) is 1.25. The number of para-hydroxylation sites is 2. The van der Waals surface area contributed by atoms with Crippen LogP contribution in [0.1, 0.15) is 0 Å². The lowest BCUT2D eigenvalue weighted by molar-refractivity contribution is -0.384. The smallest absolute Gasteiger partial charge is 0.292 e. The molecule has 0 radical (unpaired) electrons. The van der Waals surface area contributed by atoms with Crippen molar-refractivity contribution in [3.05, 3.63) is 34.4 Å². The van der Waals surface area contributed by atoms with Gasteiger partial charge in [-0.15, -0.1) is 0 Å². The average Bonchev–Trinajstić information content (AvgIpc) is 2.40. The minimum Gasteiger partial charge on any atom is -0.378 e. The molecule has 1 heterocycles. The van der Waals surface area contributed by atoms with Crippen molar-refractivity contribution in [1.29, 1.82) is 0 Å². The van der Waals surface area contributed by atoms with E-state index in [0.29, 0.717) is 18.3 Å². The minimum atomic E-state index is -0.348. The summed E-state index contributed by atoms with van der Waals surface area (Å²) in [6.07, 6.45) is 0. The van der Waals surface area contributed by atoms with E-state index in [4.69, 9.17) is 0 Å². The number of rotatable bonds is 4. The molecule has 104 valence electrons. The second-order valence-electron chi connectivity index (χ2n) is 5.05. The van der Waals surface area contributed by atoms with Gasteiger partial charge < -0.3 is 10.2 Å². The molecule has 1 aromatic carbocycles. The zero-order chi connectivity index (χ0) is 13.8. The molecule has 19 heavy (non-hydrogen) atoms. The Bertz CT molecular complexity index is 452. The highest BCUT2D eigenvalue weighted by Crippen LogP contribution is 2.23. The lowest BCUT2D eigenvalue weighted by Crippen LogP contribution is -2.52. The van der Waals surface area contributed by atoms with Crippen molar-refractivity contribution in [3.63, 3.8) is 0 Å². The number of hydrogen-bond acceptors (Lipinski definition) is 5. The molecule has 2 rings (SSSR count). The first-order chi connectivity index (χ1) is 9.08. The first kappa shape index (κ1) is 13.8. The second kappa shape index (κ2) is 5.99. The number of piperazine rings is 1. The summed E-state index contributed by atoms with van der Waals surface area (Å²) in [6, 6.07) is 7.15. The number of nitrogens with one attached hydrogen (secondary N) is 1. The summed E-state index contributed by atoms with van der Waals surface area (Å²) in [5.41, 5.74) is 0.725. The fourth-order valence-electron chi connectivity index (χ4n) is 2.33. The van der Waals surface area contributed by atoms with E-state index in [1.165, 1.54) is 6.07 Å². The molecule has 1 aliphatic rings. The molecule has 0 saturated carbocycles. The summed E-state index contributed by atoms with van der Waals surface area (Å²) in [6.45, 7) is 3.79. The van der Waals surface area contributed by atoms with Gasteiger partial charge in [-0.3, -0.25) is 15.0 Å². The summed E-state index contributed by atoms with van der Waals surface area (Å²) in [5, 5.41) is 14.1. The third kappa shape index (κ3) is 3.42. The Hall–Kier alpha value is -1.66. The maximum absolute atomic E-state index is 10.9. The molecule has 1 saturated heterocycles. The Labute approximate surface area is 113 Å². The average molecular weight is 264 g/mol. The normalized spacial score (nSPS) is 21.3. The van der Waals surface area contributed by atoms with E-state index < -0.39 is 0 Å². The van der Waals surface area contributed by atoms with Crippen LogP contribution in [0.15, 0.2) is 24.3 Å². The predicted molar refractivity (Wildman–Crippen MR) is 75.5 cm³/mol. The molecule has 1 fully saturated rings. The van der Waals surface area contributed by atoms with Crippen LogP contribution in [-0.2, 0) is 0 Å². The first-order valence-corrected chi connectivity index (χ1v) is 6.44. The fourth-order valence-corrected chi connectivity index (χ4v) is 2.33. The summed E-state index contributed by atoms with van der Waals surface area (Å²) in [4.78, 5) is 15.2. The molecular weight excluding hydrogens is 244 g/mol. The Morgan fingerprint density at radius 2 is 2.11 bits per heavy atom. The van der Waals surface area contributed by atoms with Crippen molar-refractivity contribution in [2.45, 2.75) is 6.04 Å². The Morgan fingerprint density at radius 1 is 1.37 bits per heavy atom. The molecule has 6 heteroatoms. The van der Waals surface area contributed by atoms with Crippen LogP contribution in [0.2, 0.25) is 0 Å². The highest BCUT2D eigenvalue weighted by molar-refractivity contribution is 5.61. The zero-order valence-corrected chi connectivity index (χ0v) is 11.4. The molecule has 1 atom stereocenters. The molecule has 0 bridgehead atoms. The van der Waals surface area contributed by atoms with Gasteiger partial charge in [0.15, 0.2) is 0 Å². The molecule has 0 aliphatic carbocycles. The van der Waals surface area contributed by atoms with E-state index >= 15 is 0 Å². The van der Waals surface area contributed by atoms with Gasteiger partial charge in [0, 0.05) is 38.3 Å². The van der Waals surface area contributed by atoms with Crippen LogP contribution >= 0.6 is 0 Å². The minimum absolute atomic E-state index is 0.134. The van der Waals surface area contributed by atoms with Gasteiger partial charge in [0.25, 0.3) is 5.69 Å². The molecule has 0 aromatic heterocycles. The molecule has 0 spiro atoms. The Kier molecular flexibility index (Phi) is 4.34. The van der Waals surface area contributed by atoms with Crippen LogP contribution < -0.4 is 5.32 Å². The maximum Gasteiger partial charge on any atom is 0.292 e. The monoisotopic (exact) mass is 264 g/mol. The fraction of sp³-hybridized carbons (Fsp3) is 0.538. The quantitative estimate of drug-likeness (QED) is 0.655. The van der Waals surface area contributed by atoms with Gasteiger partial charge in [0.1, 0.15) is 5.69 Å². The van der Waals surface area contributed by atoms with Gasteiger partial charge in [-0.25, -0.2) is 0 Å². The number of benzene rings is 1. The van der Waals surface area contributed by atoms with Crippen LogP contribution in [0.5, 0.6) is 0 Å². The molecule has 1 N–H and O–H groups in total. The summed E-state index contributed by atoms with van der Waals surface area (Å²) >= 11 is 0. The van der Waals surface area contributed by atoms with Gasteiger partial charge >= 0.3 is 0 Å². The maximum atomic E-state index is 10.9. The number of likely N-dealkylation sites (N-methyl/N-ethyl adjacent to an activating group) is 2. The van der Waals surface area contributed by atoms with Gasteiger partial charge in [0.05, 0.1) is 4.92 Å².